The summed E-state index contributed by atoms with van der Waals surface area (Å²) in [5.41, 5.74) is 0.912. The lowest BCUT2D eigenvalue weighted by molar-refractivity contribution is -0.143. The van der Waals surface area contributed by atoms with Gasteiger partial charge in [0.05, 0.1) is 6.07 Å². The highest BCUT2D eigenvalue weighted by Gasteiger charge is 2.45. The first-order valence-corrected chi connectivity index (χ1v) is 10.1. The normalized spacial score (nSPS) is 12.9. The van der Waals surface area contributed by atoms with E-state index in [-0.39, 0.29) is 6.42 Å². The Morgan fingerprint density at radius 3 is 1.58 bits per heavy atom. The molecule has 0 spiro atoms. The first kappa shape index (κ1) is 21.8. The molecule has 2 N–H and O–H groups in total. The molecule has 3 aromatic rings. The summed E-state index contributed by atoms with van der Waals surface area (Å²) in [6, 6.07) is 28.8. The van der Waals surface area contributed by atoms with Gasteiger partial charge in [-0.1, -0.05) is 97.9 Å². The van der Waals surface area contributed by atoms with Crippen molar-refractivity contribution in [1.29, 1.82) is 5.26 Å². The van der Waals surface area contributed by atoms with Crippen molar-refractivity contribution < 1.29 is 14.7 Å². The molecule has 0 aromatic heterocycles. The van der Waals surface area contributed by atoms with Crippen LogP contribution in [0.25, 0.3) is 0 Å². The van der Waals surface area contributed by atoms with Gasteiger partial charge in [0.25, 0.3) is 0 Å². The summed E-state index contributed by atoms with van der Waals surface area (Å²) in [6.45, 7) is 1.65. The molecule has 3 rings (SSSR count). The number of aliphatic carboxylic acids is 1. The van der Waals surface area contributed by atoms with Crippen LogP contribution in [-0.4, -0.2) is 23.0 Å². The zero-order valence-corrected chi connectivity index (χ0v) is 17.2. The van der Waals surface area contributed by atoms with Crippen LogP contribution in [0.1, 0.15) is 30.0 Å². The Morgan fingerprint density at radius 2 is 1.26 bits per heavy atom. The molecule has 0 saturated carbocycles. The minimum atomic E-state index is -1.26. The highest BCUT2D eigenvalue weighted by molar-refractivity contribution is 5.98. The molecule has 0 aliphatic heterocycles. The number of hydrogen-bond donors (Lipinski definition) is 2. The third-order valence-electron chi connectivity index (χ3n) is 5.50. The fraction of sp³-hybridized carbons (Fsp3) is 0.192. The maximum Gasteiger partial charge on any atom is 0.326 e. The highest BCUT2D eigenvalue weighted by atomic mass is 16.4. The average Bonchev–Trinajstić information content (AvgIpc) is 2.80. The second-order valence-electron chi connectivity index (χ2n) is 7.48. The molecule has 1 amide bonds. The van der Waals surface area contributed by atoms with Crippen LogP contribution in [-0.2, 0) is 15.0 Å². The Bertz CT molecular complexity index is 963. The summed E-state index contributed by atoms with van der Waals surface area (Å²) in [5.74, 6) is -2.17. The van der Waals surface area contributed by atoms with Crippen LogP contribution >= 0.6 is 0 Å². The fourth-order valence-corrected chi connectivity index (χ4v) is 3.92. The van der Waals surface area contributed by atoms with Gasteiger partial charge in [-0.3, -0.25) is 4.79 Å². The first-order chi connectivity index (χ1) is 15.0. The van der Waals surface area contributed by atoms with Gasteiger partial charge in [-0.25, -0.2) is 4.79 Å². The molecule has 5 heteroatoms. The average molecular weight is 412 g/mol. The molecule has 0 fully saturated rings. The van der Waals surface area contributed by atoms with Gasteiger partial charge in [0, 0.05) is 12.3 Å². The van der Waals surface area contributed by atoms with Crippen molar-refractivity contribution in [3.8, 4) is 6.07 Å². The molecular formula is C26H24N2O3. The number of benzene rings is 3. The van der Waals surface area contributed by atoms with Crippen molar-refractivity contribution >= 4 is 11.9 Å². The summed E-state index contributed by atoms with van der Waals surface area (Å²) < 4.78 is 0. The SMILES string of the molecule is C[C@@H](CC#N)[C@@H](NC(=O)C(c1ccccc1)(c1ccccc1)c1ccccc1)C(=O)O. The number of nitrogens with zero attached hydrogens (tertiary/aromatic N) is 1. The number of carbonyl (C=O) groups excluding carboxylic acids is 1. The zero-order chi connectivity index (χ0) is 22.3. The number of nitrogens with one attached hydrogen (secondary N) is 1. The Hall–Kier alpha value is -3.91. The van der Waals surface area contributed by atoms with E-state index < -0.39 is 29.3 Å². The second kappa shape index (κ2) is 9.73. The van der Waals surface area contributed by atoms with Crippen LogP contribution in [0, 0.1) is 17.2 Å². The summed E-state index contributed by atoms with van der Waals surface area (Å²) >= 11 is 0. The van der Waals surface area contributed by atoms with Crippen molar-refractivity contribution in [2.45, 2.75) is 24.8 Å². The minimum Gasteiger partial charge on any atom is -0.480 e. The summed E-state index contributed by atoms with van der Waals surface area (Å²) in [4.78, 5) is 26.0. The predicted molar refractivity (Wildman–Crippen MR) is 118 cm³/mol. The molecule has 156 valence electrons. The van der Waals surface area contributed by atoms with Gasteiger partial charge in [-0.15, -0.1) is 0 Å². The number of carbonyl (C=O) groups is 2. The van der Waals surface area contributed by atoms with Crippen molar-refractivity contribution in [3.63, 3.8) is 0 Å². The van der Waals surface area contributed by atoms with Crippen LogP contribution in [0.5, 0.6) is 0 Å². The molecule has 0 saturated heterocycles. The maximum absolute atomic E-state index is 14.0. The van der Waals surface area contributed by atoms with E-state index in [1.54, 1.807) is 6.92 Å². The molecule has 0 bridgehead atoms. The lowest BCUT2D eigenvalue weighted by atomic mass is 9.68. The molecule has 3 aromatic carbocycles. The number of hydrogen-bond acceptors (Lipinski definition) is 3. The maximum atomic E-state index is 14.0. The van der Waals surface area contributed by atoms with E-state index in [0.29, 0.717) is 0 Å². The Kier molecular flexibility index (Phi) is 6.84. The van der Waals surface area contributed by atoms with E-state index in [2.05, 4.69) is 5.32 Å². The van der Waals surface area contributed by atoms with E-state index in [9.17, 15) is 14.7 Å². The number of amides is 1. The Morgan fingerprint density at radius 1 is 0.871 bits per heavy atom. The molecule has 0 heterocycles. The van der Waals surface area contributed by atoms with Crippen LogP contribution < -0.4 is 5.32 Å². The van der Waals surface area contributed by atoms with E-state index >= 15 is 0 Å². The van der Waals surface area contributed by atoms with Crippen LogP contribution in [0.15, 0.2) is 91.0 Å². The Balaban J connectivity index is 2.24. The lowest BCUT2D eigenvalue weighted by Gasteiger charge is -2.36. The first-order valence-electron chi connectivity index (χ1n) is 10.1. The van der Waals surface area contributed by atoms with E-state index in [4.69, 9.17) is 5.26 Å². The highest BCUT2D eigenvalue weighted by Crippen LogP contribution is 2.39. The van der Waals surface area contributed by atoms with Gasteiger partial charge in [0.15, 0.2) is 0 Å². The van der Waals surface area contributed by atoms with Crippen molar-refractivity contribution in [1.82, 2.24) is 5.32 Å². The zero-order valence-electron chi connectivity index (χ0n) is 17.2. The Labute approximate surface area is 182 Å². The molecule has 0 unspecified atom stereocenters. The monoisotopic (exact) mass is 412 g/mol. The van der Waals surface area contributed by atoms with Crippen molar-refractivity contribution in [2.75, 3.05) is 0 Å². The van der Waals surface area contributed by atoms with Crippen LogP contribution in [0.2, 0.25) is 0 Å². The molecule has 31 heavy (non-hydrogen) atoms. The third-order valence-corrected chi connectivity index (χ3v) is 5.50. The summed E-state index contributed by atoms with van der Waals surface area (Å²) in [6.07, 6.45) is 0.0201. The summed E-state index contributed by atoms with van der Waals surface area (Å²) in [7, 11) is 0. The van der Waals surface area contributed by atoms with E-state index in [1.807, 2.05) is 97.1 Å². The van der Waals surface area contributed by atoms with E-state index in [1.165, 1.54) is 0 Å². The molecule has 2 atom stereocenters. The second-order valence-corrected chi connectivity index (χ2v) is 7.48. The number of rotatable bonds is 8. The van der Waals surface area contributed by atoms with Gasteiger partial charge in [0.2, 0.25) is 5.91 Å². The third kappa shape index (κ3) is 4.34. The smallest absolute Gasteiger partial charge is 0.326 e. The predicted octanol–water partition coefficient (Wildman–Crippen LogP) is 4.14. The number of carboxylic acids is 1. The van der Waals surface area contributed by atoms with Gasteiger partial charge < -0.3 is 10.4 Å². The molecular weight excluding hydrogens is 388 g/mol. The minimum absolute atomic E-state index is 0.0201. The molecule has 5 nitrogen and oxygen atoms in total. The topological polar surface area (TPSA) is 90.2 Å². The van der Waals surface area contributed by atoms with E-state index in [0.717, 1.165) is 16.7 Å². The van der Waals surface area contributed by atoms with Crippen LogP contribution in [0.4, 0.5) is 0 Å². The van der Waals surface area contributed by atoms with Gasteiger partial charge in [-0.05, 0) is 16.7 Å². The number of carboxylic acid groups (broad SMARTS) is 1. The molecule has 0 aliphatic rings. The van der Waals surface area contributed by atoms with Crippen molar-refractivity contribution in [2.24, 2.45) is 5.92 Å². The van der Waals surface area contributed by atoms with Crippen molar-refractivity contribution in [3.05, 3.63) is 108 Å². The van der Waals surface area contributed by atoms with Gasteiger partial charge in [-0.2, -0.15) is 5.26 Å². The number of nitriles is 1. The molecule has 0 radical (unpaired) electrons. The standard InChI is InChI=1S/C26H24N2O3/c1-19(17-18-27)23(24(29)30)28-25(31)26(20-11-5-2-6-12-20,21-13-7-3-8-14-21)22-15-9-4-10-16-22/h2-16,19,23H,17H2,1H3,(H,28,31)(H,29,30)/t19-,23+/m0/s1. The lowest BCUT2D eigenvalue weighted by Crippen LogP contribution is -2.53. The van der Waals surface area contributed by atoms with Gasteiger partial charge >= 0.3 is 5.97 Å². The van der Waals surface area contributed by atoms with Crippen LogP contribution in [0.3, 0.4) is 0 Å². The largest absolute Gasteiger partial charge is 0.480 e. The molecule has 0 aliphatic carbocycles. The van der Waals surface area contributed by atoms with Gasteiger partial charge in [0.1, 0.15) is 11.5 Å². The quantitative estimate of drug-likeness (QED) is 0.544. The fourth-order valence-electron chi connectivity index (χ4n) is 3.92. The summed E-state index contributed by atoms with van der Waals surface area (Å²) in [5, 5.41) is 21.6.